The lowest BCUT2D eigenvalue weighted by Gasteiger charge is -2.43. The van der Waals surface area contributed by atoms with Gasteiger partial charge in [0.1, 0.15) is 58.9 Å². The molecule has 9 nitrogen and oxygen atoms in total. The van der Waals surface area contributed by atoms with E-state index in [-0.39, 0.29) is 43.2 Å². The summed E-state index contributed by atoms with van der Waals surface area (Å²) in [4.78, 5) is 11.6. The molecule has 0 amide bonds. The standard InChI is InChI=1S/C44H47F3N6O3S/c1-24-20-33-32-10-8-9-11-36(32)49-40(33)41(52(24)23-44(6,7)47)38-34(45)21-31(22-35(38)46)56-19-17-54-16-18-55-30-14-12-29(13-15-30)39-37-25(2)27(4)57-43(37)53-28(5)50-51-42(53)26(3)48-39/h8-15,21-22,24,26,41,49H,16-20,23H2,1-7H3/t24-,26+,41-/m1/s1. The number of alkyl halides is 1. The third-order valence-electron chi connectivity index (χ3n) is 10.9. The van der Waals surface area contributed by atoms with Gasteiger partial charge in [0.25, 0.3) is 0 Å². The summed E-state index contributed by atoms with van der Waals surface area (Å²) >= 11 is 1.73. The van der Waals surface area contributed by atoms with E-state index in [4.69, 9.17) is 19.2 Å². The predicted molar refractivity (Wildman–Crippen MR) is 217 cm³/mol. The molecular weight excluding hydrogens is 750 g/mol. The molecule has 3 aromatic heterocycles. The van der Waals surface area contributed by atoms with Gasteiger partial charge in [0.2, 0.25) is 0 Å². The summed E-state index contributed by atoms with van der Waals surface area (Å²) < 4.78 is 66.6. The monoisotopic (exact) mass is 796 g/mol. The van der Waals surface area contributed by atoms with Crippen LogP contribution in [-0.2, 0) is 11.2 Å². The number of hydrogen-bond acceptors (Lipinski definition) is 8. The highest BCUT2D eigenvalue weighted by atomic mass is 32.1. The van der Waals surface area contributed by atoms with Crippen LogP contribution in [-0.4, -0.2) is 75.0 Å². The van der Waals surface area contributed by atoms with Crippen molar-refractivity contribution >= 4 is 28.0 Å². The first kappa shape index (κ1) is 38.9. The zero-order chi connectivity index (χ0) is 40.2. The Bertz CT molecular complexity index is 2440. The fraction of sp³-hybridized carbons (Fsp3) is 0.386. The molecule has 0 fully saturated rings. The molecule has 298 valence electrons. The zero-order valence-electron chi connectivity index (χ0n) is 33.3. The van der Waals surface area contributed by atoms with Crippen LogP contribution in [0.4, 0.5) is 13.2 Å². The molecule has 3 aromatic carbocycles. The van der Waals surface area contributed by atoms with E-state index in [0.717, 1.165) is 50.0 Å². The second-order valence-electron chi connectivity index (χ2n) is 15.6. The number of aromatic amines is 1. The molecular formula is C44H47F3N6O3S. The summed E-state index contributed by atoms with van der Waals surface area (Å²) in [5.74, 6) is 0.907. The van der Waals surface area contributed by atoms with Crippen molar-refractivity contribution in [1.29, 1.82) is 0 Å². The summed E-state index contributed by atoms with van der Waals surface area (Å²) in [6.07, 6.45) is 0.631. The fourth-order valence-electron chi connectivity index (χ4n) is 8.13. The van der Waals surface area contributed by atoms with E-state index in [9.17, 15) is 0 Å². The van der Waals surface area contributed by atoms with Crippen molar-refractivity contribution in [2.45, 2.75) is 78.7 Å². The molecule has 0 saturated heterocycles. The number of ether oxygens (including phenoxy) is 3. The van der Waals surface area contributed by atoms with Crippen LogP contribution in [0.5, 0.6) is 11.5 Å². The molecule has 2 aliphatic heterocycles. The minimum atomic E-state index is -1.58. The topological polar surface area (TPSA) is 89.8 Å². The van der Waals surface area contributed by atoms with E-state index in [0.29, 0.717) is 31.1 Å². The molecule has 1 N–H and O–H groups in total. The Hall–Kier alpha value is -4.98. The van der Waals surface area contributed by atoms with Crippen molar-refractivity contribution in [2.24, 2.45) is 4.99 Å². The molecule has 8 rings (SSSR count). The Balaban J connectivity index is 0.876. The van der Waals surface area contributed by atoms with Crippen LogP contribution < -0.4 is 9.47 Å². The minimum Gasteiger partial charge on any atom is -0.491 e. The summed E-state index contributed by atoms with van der Waals surface area (Å²) in [6.45, 7) is 14.1. The van der Waals surface area contributed by atoms with Gasteiger partial charge in [-0.1, -0.05) is 18.2 Å². The Morgan fingerprint density at radius 2 is 1.58 bits per heavy atom. The number of H-pyrrole nitrogens is 1. The van der Waals surface area contributed by atoms with Crippen LogP contribution in [0.25, 0.3) is 15.9 Å². The van der Waals surface area contributed by atoms with E-state index < -0.39 is 23.3 Å². The maximum absolute atomic E-state index is 16.0. The Morgan fingerprint density at radius 1 is 0.895 bits per heavy atom. The molecule has 13 heteroatoms. The van der Waals surface area contributed by atoms with Gasteiger partial charge in [-0.25, -0.2) is 13.2 Å². The van der Waals surface area contributed by atoms with Crippen LogP contribution in [0.2, 0.25) is 0 Å². The van der Waals surface area contributed by atoms with Crippen LogP contribution in [0.1, 0.15) is 89.8 Å². The highest BCUT2D eigenvalue weighted by Gasteiger charge is 2.41. The van der Waals surface area contributed by atoms with Gasteiger partial charge in [-0.2, -0.15) is 0 Å². The molecule has 3 atom stereocenters. The molecule has 0 saturated carbocycles. The van der Waals surface area contributed by atoms with Crippen molar-refractivity contribution in [2.75, 3.05) is 33.0 Å². The van der Waals surface area contributed by atoms with Crippen molar-refractivity contribution in [3.8, 4) is 16.5 Å². The summed E-state index contributed by atoms with van der Waals surface area (Å²) in [5.41, 5.74) is 5.05. The third-order valence-corrected chi connectivity index (χ3v) is 12.1. The Kier molecular flexibility index (Phi) is 10.5. The van der Waals surface area contributed by atoms with Gasteiger partial charge in [-0.3, -0.25) is 14.5 Å². The smallest absolute Gasteiger partial charge is 0.162 e. The number of nitrogens with zero attached hydrogens (tertiary/aromatic N) is 5. The number of benzene rings is 3. The van der Waals surface area contributed by atoms with Gasteiger partial charge in [-0.15, -0.1) is 21.5 Å². The van der Waals surface area contributed by atoms with Crippen molar-refractivity contribution in [1.82, 2.24) is 24.6 Å². The number of halogens is 3. The maximum atomic E-state index is 16.0. The van der Waals surface area contributed by atoms with Gasteiger partial charge in [0.05, 0.1) is 25.0 Å². The van der Waals surface area contributed by atoms with Crippen molar-refractivity contribution in [3.63, 3.8) is 0 Å². The number of para-hydroxylation sites is 1. The van der Waals surface area contributed by atoms with Gasteiger partial charge < -0.3 is 19.2 Å². The number of thiophene rings is 1. The second kappa shape index (κ2) is 15.4. The second-order valence-corrected chi connectivity index (χ2v) is 16.8. The number of aryl methyl sites for hydroxylation is 2. The number of hydrogen-bond donors (Lipinski definition) is 1. The lowest BCUT2D eigenvalue weighted by molar-refractivity contribution is 0.0640. The van der Waals surface area contributed by atoms with Crippen LogP contribution >= 0.6 is 11.3 Å². The van der Waals surface area contributed by atoms with Crippen LogP contribution in [0, 0.1) is 32.4 Å². The number of fused-ring (bicyclic) bond motifs is 6. The van der Waals surface area contributed by atoms with E-state index >= 15 is 13.2 Å². The summed E-state index contributed by atoms with van der Waals surface area (Å²) in [7, 11) is 0. The first-order valence-corrected chi connectivity index (χ1v) is 20.2. The molecule has 0 spiro atoms. The Morgan fingerprint density at radius 3 is 2.28 bits per heavy atom. The summed E-state index contributed by atoms with van der Waals surface area (Å²) in [5, 5.41) is 10.9. The maximum Gasteiger partial charge on any atom is 0.162 e. The fourth-order valence-corrected chi connectivity index (χ4v) is 9.35. The van der Waals surface area contributed by atoms with Crippen molar-refractivity contribution in [3.05, 3.63) is 122 Å². The highest BCUT2D eigenvalue weighted by molar-refractivity contribution is 7.15. The number of rotatable bonds is 12. The van der Waals surface area contributed by atoms with Crippen LogP contribution in [0.15, 0.2) is 65.7 Å². The molecule has 0 aliphatic carbocycles. The first-order chi connectivity index (χ1) is 27.3. The number of aliphatic imine (C=N–C) groups is 1. The number of nitrogens with one attached hydrogen (secondary N) is 1. The molecule has 0 bridgehead atoms. The summed E-state index contributed by atoms with van der Waals surface area (Å²) in [6, 6.07) is 16.9. The molecule has 6 aromatic rings. The molecule has 5 heterocycles. The average Bonchev–Trinajstić information content (AvgIpc) is 3.80. The largest absolute Gasteiger partial charge is 0.491 e. The normalized spacial score (nSPS) is 18.2. The predicted octanol–water partition coefficient (Wildman–Crippen LogP) is 9.48. The number of aromatic nitrogens is 4. The zero-order valence-corrected chi connectivity index (χ0v) is 34.1. The molecule has 57 heavy (non-hydrogen) atoms. The SMILES string of the molecule is Cc1sc2c(c1C)C(c1ccc(OCCOCCOc3cc(F)c([C@@H]4c5[nH]c6ccccc6c5C[C@@H](C)N4CC(C)(C)F)c(F)c3)cc1)=N[C@@H](C)c1nnc(C)n1-2. The van der Waals surface area contributed by atoms with E-state index in [2.05, 4.69) is 33.6 Å². The lowest BCUT2D eigenvalue weighted by Crippen LogP contribution is -2.48. The average molecular weight is 797 g/mol. The molecule has 0 unspecified atom stereocenters. The highest BCUT2D eigenvalue weighted by Crippen LogP contribution is 2.44. The van der Waals surface area contributed by atoms with Crippen molar-refractivity contribution < 1.29 is 27.4 Å². The Labute approximate surface area is 334 Å². The van der Waals surface area contributed by atoms with Gasteiger partial charge in [-0.05, 0) is 96.3 Å². The van der Waals surface area contributed by atoms with E-state index in [1.54, 1.807) is 11.3 Å². The molecule has 2 aliphatic rings. The molecule has 0 radical (unpaired) electrons. The van der Waals surface area contributed by atoms with Crippen LogP contribution in [0.3, 0.4) is 0 Å². The lowest BCUT2D eigenvalue weighted by atomic mass is 9.87. The van der Waals surface area contributed by atoms with E-state index in [1.165, 1.54) is 36.4 Å². The van der Waals surface area contributed by atoms with Gasteiger partial charge in [0, 0.05) is 62.9 Å². The van der Waals surface area contributed by atoms with Gasteiger partial charge >= 0.3 is 0 Å². The third kappa shape index (κ3) is 7.48. The van der Waals surface area contributed by atoms with Gasteiger partial charge in [0.15, 0.2) is 5.82 Å². The quantitative estimate of drug-likeness (QED) is 0.124. The van der Waals surface area contributed by atoms with E-state index in [1.807, 2.05) is 74.2 Å². The first-order valence-electron chi connectivity index (χ1n) is 19.4. The minimum absolute atomic E-state index is 0.00788.